The second-order valence-electron chi connectivity index (χ2n) is 8.68. The summed E-state index contributed by atoms with van der Waals surface area (Å²) in [5.41, 5.74) is 0.196. The van der Waals surface area contributed by atoms with Crippen LogP contribution in [0.1, 0.15) is 25.3 Å². The molecule has 1 unspecified atom stereocenters. The van der Waals surface area contributed by atoms with Gasteiger partial charge in [0, 0.05) is 31.9 Å². The third-order valence-electron chi connectivity index (χ3n) is 5.54. The zero-order chi connectivity index (χ0) is 25.2. The maximum Gasteiger partial charge on any atom is 0.248 e. The van der Waals surface area contributed by atoms with E-state index in [0.29, 0.717) is 45.0 Å². The average molecular weight is 494 g/mol. The average Bonchev–Trinajstić information content (AvgIpc) is 3.24. The van der Waals surface area contributed by atoms with E-state index in [9.17, 15) is 18.4 Å². The van der Waals surface area contributed by atoms with Crippen molar-refractivity contribution in [2.75, 3.05) is 45.3 Å². The molecule has 1 aliphatic rings. The third kappa shape index (κ3) is 9.00. The van der Waals surface area contributed by atoms with Crippen LogP contribution in [-0.2, 0) is 32.0 Å². The molecule has 3 rings (SSSR count). The van der Waals surface area contributed by atoms with Crippen LogP contribution in [0.5, 0.6) is 0 Å². The summed E-state index contributed by atoms with van der Waals surface area (Å²) in [6, 6.07) is 2.14. The lowest BCUT2D eigenvalue weighted by molar-refractivity contribution is -0.126. The quantitative estimate of drug-likeness (QED) is 0.469. The van der Waals surface area contributed by atoms with E-state index in [2.05, 4.69) is 20.5 Å². The van der Waals surface area contributed by atoms with Gasteiger partial charge in [-0.15, -0.1) is 0 Å². The molecule has 0 radical (unpaired) electrons. The maximum absolute atomic E-state index is 13.4. The van der Waals surface area contributed by atoms with Crippen LogP contribution in [0, 0.1) is 11.6 Å². The molecule has 1 aromatic carbocycles. The number of nitrogens with zero attached hydrogens (tertiary/aromatic N) is 3. The second-order valence-corrected chi connectivity index (χ2v) is 8.68. The smallest absolute Gasteiger partial charge is 0.248 e. The molecule has 11 heteroatoms. The lowest BCUT2D eigenvalue weighted by Crippen LogP contribution is -2.44. The van der Waals surface area contributed by atoms with Crippen molar-refractivity contribution in [3.05, 3.63) is 47.9 Å². The van der Waals surface area contributed by atoms with Crippen molar-refractivity contribution in [2.24, 2.45) is 0 Å². The number of amides is 2. The van der Waals surface area contributed by atoms with Crippen LogP contribution in [0.4, 0.5) is 14.6 Å². The van der Waals surface area contributed by atoms with Crippen molar-refractivity contribution >= 4 is 17.6 Å². The number of aromatic nitrogens is 2. The van der Waals surface area contributed by atoms with E-state index in [-0.39, 0.29) is 18.1 Å². The number of imidazole rings is 1. The molecule has 35 heavy (non-hydrogen) atoms. The standard InChI is InChI=1S/C24H33F2N5O4/c1-3-4-21(28-23(32)11-17-9-18(25)12-19(26)10-17)24(33)29-22-14-31(16-27-22)6-5-30(2)13-20-15-34-7-8-35-20/h9-10,12,14,16,20-21H,3-8,11,13,15H2,1-2H3,(H,28,32)(H,29,33)/t20?,21-/m0/s1. The van der Waals surface area contributed by atoms with Crippen LogP contribution in [-0.4, -0.2) is 78.4 Å². The molecule has 192 valence electrons. The van der Waals surface area contributed by atoms with Crippen LogP contribution in [0.3, 0.4) is 0 Å². The number of rotatable bonds is 12. The number of carbonyl (C=O) groups is 2. The Balaban J connectivity index is 1.47. The molecule has 2 aromatic rings. The Hall–Kier alpha value is -2.89. The molecule has 1 fully saturated rings. The SMILES string of the molecule is CCC[C@H](NC(=O)Cc1cc(F)cc(F)c1)C(=O)Nc1cn(CCN(C)CC2COCCO2)cn1. The summed E-state index contributed by atoms with van der Waals surface area (Å²) >= 11 is 0. The number of carbonyl (C=O) groups excluding carboxylic acids is 2. The predicted molar refractivity (Wildman–Crippen MR) is 126 cm³/mol. The normalized spacial score (nSPS) is 16.8. The Kier molecular flexibility index (Phi) is 10.1. The summed E-state index contributed by atoms with van der Waals surface area (Å²) in [6.45, 7) is 5.94. The van der Waals surface area contributed by atoms with E-state index in [4.69, 9.17) is 9.47 Å². The Bertz CT molecular complexity index is 960. The molecule has 1 saturated heterocycles. The first-order valence-corrected chi connectivity index (χ1v) is 11.8. The van der Waals surface area contributed by atoms with Gasteiger partial charge in [0.05, 0.1) is 38.7 Å². The summed E-state index contributed by atoms with van der Waals surface area (Å²) in [5.74, 6) is -2.03. The molecule has 0 aliphatic carbocycles. The first-order chi connectivity index (χ1) is 16.8. The number of likely N-dealkylation sites (N-methyl/N-ethyl adjacent to an activating group) is 1. The van der Waals surface area contributed by atoms with Gasteiger partial charge in [0.25, 0.3) is 0 Å². The van der Waals surface area contributed by atoms with Crippen molar-refractivity contribution in [3.63, 3.8) is 0 Å². The van der Waals surface area contributed by atoms with Gasteiger partial charge in [-0.25, -0.2) is 13.8 Å². The molecule has 2 heterocycles. The zero-order valence-corrected chi connectivity index (χ0v) is 20.1. The maximum atomic E-state index is 13.4. The van der Waals surface area contributed by atoms with Gasteiger partial charge in [-0.1, -0.05) is 13.3 Å². The van der Waals surface area contributed by atoms with Gasteiger partial charge in [0.15, 0.2) is 5.82 Å². The van der Waals surface area contributed by atoms with Crippen molar-refractivity contribution in [1.29, 1.82) is 0 Å². The van der Waals surface area contributed by atoms with Gasteiger partial charge in [0.2, 0.25) is 11.8 Å². The van der Waals surface area contributed by atoms with Gasteiger partial charge in [-0.3, -0.25) is 9.59 Å². The van der Waals surface area contributed by atoms with Crippen molar-refractivity contribution in [1.82, 2.24) is 19.8 Å². The van der Waals surface area contributed by atoms with E-state index in [1.54, 1.807) is 12.5 Å². The third-order valence-corrected chi connectivity index (χ3v) is 5.54. The largest absolute Gasteiger partial charge is 0.376 e. The van der Waals surface area contributed by atoms with Gasteiger partial charge >= 0.3 is 0 Å². The summed E-state index contributed by atoms with van der Waals surface area (Å²) in [5, 5.41) is 5.38. The van der Waals surface area contributed by atoms with E-state index >= 15 is 0 Å². The van der Waals surface area contributed by atoms with Crippen LogP contribution >= 0.6 is 0 Å². The van der Waals surface area contributed by atoms with Crippen LogP contribution in [0.25, 0.3) is 0 Å². The fraction of sp³-hybridized carbons (Fsp3) is 0.542. The van der Waals surface area contributed by atoms with Gasteiger partial charge in [-0.05, 0) is 31.2 Å². The minimum atomic E-state index is -0.792. The molecule has 0 spiro atoms. The van der Waals surface area contributed by atoms with Gasteiger partial charge in [0.1, 0.15) is 17.7 Å². The lowest BCUT2D eigenvalue weighted by Gasteiger charge is -2.27. The van der Waals surface area contributed by atoms with Crippen molar-refractivity contribution in [3.8, 4) is 0 Å². The summed E-state index contributed by atoms with van der Waals surface area (Å²) in [6.07, 6.45) is 4.26. The van der Waals surface area contributed by atoms with Gasteiger partial charge < -0.3 is 29.6 Å². The number of ether oxygens (including phenoxy) is 2. The van der Waals surface area contributed by atoms with E-state index in [1.807, 2.05) is 18.5 Å². The Morgan fingerprint density at radius 2 is 2.03 bits per heavy atom. The molecular formula is C24H33F2N5O4. The van der Waals surface area contributed by atoms with E-state index in [1.165, 1.54) is 0 Å². The minimum absolute atomic E-state index is 0.0667. The molecular weight excluding hydrogens is 460 g/mol. The molecule has 2 N–H and O–H groups in total. The zero-order valence-electron chi connectivity index (χ0n) is 20.1. The summed E-state index contributed by atoms with van der Waals surface area (Å²) in [7, 11) is 2.01. The first kappa shape index (κ1) is 26.7. The molecule has 9 nitrogen and oxygen atoms in total. The van der Waals surface area contributed by atoms with Crippen LogP contribution < -0.4 is 10.6 Å². The van der Waals surface area contributed by atoms with Crippen LogP contribution in [0.15, 0.2) is 30.7 Å². The van der Waals surface area contributed by atoms with Crippen molar-refractivity contribution in [2.45, 2.75) is 44.9 Å². The fourth-order valence-corrected chi connectivity index (χ4v) is 3.83. The summed E-state index contributed by atoms with van der Waals surface area (Å²) < 4.78 is 39.7. The van der Waals surface area contributed by atoms with E-state index in [0.717, 1.165) is 31.3 Å². The number of halogens is 2. The number of nitrogens with one attached hydrogen (secondary N) is 2. The molecule has 0 bridgehead atoms. The highest BCUT2D eigenvalue weighted by Gasteiger charge is 2.21. The fourth-order valence-electron chi connectivity index (χ4n) is 3.83. The highest BCUT2D eigenvalue weighted by molar-refractivity contribution is 5.96. The molecule has 1 aromatic heterocycles. The molecule has 2 amide bonds. The molecule has 1 aliphatic heterocycles. The lowest BCUT2D eigenvalue weighted by atomic mass is 10.1. The Morgan fingerprint density at radius 1 is 1.26 bits per heavy atom. The topological polar surface area (TPSA) is 97.7 Å². The molecule has 2 atom stereocenters. The highest BCUT2D eigenvalue weighted by atomic mass is 19.1. The second kappa shape index (κ2) is 13.3. The number of benzene rings is 1. The van der Waals surface area contributed by atoms with E-state index < -0.39 is 29.5 Å². The first-order valence-electron chi connectivity index (χ1n) is 11.8. The van der Waals surface area contributed by atoms with Gasteiger partial charge in [-0.2, -0.15) is 0 Å². The highest BCUT2D eigenvalue weighted by Crippen LogP contribution is 2.10. The monoisotopic (exact) mass is 493 g/mol. The minimum Gasteiger partial charge on any atom is -0.376 e. The van der Waals surface area contributed by atoms with Crippen LogP contribution in [0.2, 0.25) is 0 Å². The Labute approximate surface area is 203 Å². The predicted octanol–water partition coefficient (Wildman–Crippen LogP) is 1.97. The number of hydrogen-bond acceptors (Lipinski definition) is 6. The number of anilines is 1. The van der Waals surface area contributed by atoms with Crippen molar-refractivity contribution < 1.29 is 27.8 Å². The summed E-state index contributed by atoms with van der Waals surface area (Å²) in [4.78, 5) is 31.5. The number of hydrogen-bond donors (Lipinski definition) is 2. The molecule has 0 saturated carbocycles. The Morgan fingerprint density at radius 3 is 2.71 bits per heavy atom.